The number of hydrogen-bond acceptors (Lipinski definition) is 4. The molecule has 0 N–H and O–H groups in total. The summed E-state index contributed by atoms with van der Waals surface area (Å²) in [6, 6.07) is -0.126. The molecule has 0 radical (unpaired) electrons. The molecular weight excluding hydrogens is 330 g/mol. The van der Waals surface area contributed by atoms with Gasteiger partial charge in [-0.15, -0.1) is 0 Å². The zero-order valence-electron chi connectivity index (χ0n) is 9.96. The average molecular weight is 348 g/mol. The van der Waals surface area contributed by atoms with Crippen LogP contribution >= 0.6 is 15.9 Å². The molecule has 0 aromatic rings. The first-order valence-electron chi connectivity index (χ1n) is 5.44. The second-order valence-corrected chi connectivity index (χ2v) is 9.64. The third-order valence-electron chi connectivity index (χ3n) is 3.17. The second kappa shape index (κ2) is 5.54. The lowest BCUT2D eigenvalue weighted by molar-refractivity contribution is 0.404. The Balaban J connectivity index is 2.80. The zero-order valence-corrected chi connectivity index (χ0v) is 13.2. The van der Waals surface area contributed by atoms with Gasteiger partial charge in [0.1, 0.15) is 9.84 Å². The first-order valence-corrected chi connectivity index (χ1v) is 9.88. The van der Waals surface area contributed by atoms with Crippen molar-refractivity contribution in [2.45, 2.75) is 31.1 Å². The van der Waals surface area contributed by atoms with Crippen LogP contribution in [0, 0.1) is 0 Å². The molecule has 1 rings (SSSR count). The fourth-order valence-electron chi connectivity index (χ4n) is 1.75. The molecule has 0 spiro atoms. The predicted octanol–water partition coefficient (Wildman–Crippen LogP) is 0.609. The minimum absolute atomic E-state index is 0.0204. The van der Waals surface area contributed by atoms with Crippen LogP contribution in [0.1, 0.15) is 19.8 Å². The van der Waals surface area contributed by atoms with Gasteiger partial charge in [0.15, 0.2) is 0 Å². The summed E-state index contributed by atoms with van der Waals surface area (Å²) in [5.74, 6) is -0.0408. The number of alkyl halides is 1. The van der Waals surface area contributed by atoms with Crippen LogP contribution in [0.25, 0.3) is 0 Å². The number of halogens is 1. The maximum Gasteiger partial charge on any atom is 0.217 e. The van der Waals surface area contributed by atoms with Crippen molar-refractivity contribution < 1.29 is 16.8 Å². The Bertz CT molecular complexity index is 445. The number of sulfonamides is 1. The van der Waals surface area contributed by atoms with E-state index in [1.165, 1.54) is 4.31 Å². The van der Waals surface area contributed by atoms with E-state index < -0.39 is 25.1 Å². The Morgan fingerprint density at radius 2 is 1.82 bits per heavy atom. The number of rotatable bonds is 4. The van der Waals surface area contributed by atoms with Crippen LogP contribution in [0.15, 0.2) is 0 Å². The molecule has 0 aromatic heterocycles. The lowest BCUT2D eigenvalue weighted by Crippen LogP contribution is -2.44. The molecule has 0 amide bonds. The molecule has 1 aliphatic rings. The molecule has 8 heteroatoms. The Kier molecular flexibility index (Phi) is 5.02. The summed E-state index contributed by atoms with van der Waals surface area (Å²) < 4.78 is 48.3. The van der Waals surface area contributed by atoms with E-state index in [4.69, 9.17) is 0 Å². The molecule has 1 aliphatic heterocycles. The van der Waals surface area contributed by atoms with E-state index in [0.717, 1.165) is 0 Å². The van der Waals surface area contributed by atoms with E-state index in [2.05, 4.69) is 15.9 Å². The van der Waals surface area contributed by atoms with Gasteiger partial charge in [0.2, 0.25) is 10.0 Å². The maximum atomic E-state index is 12.2. The quantitative estimate of drug-likeness (QED) is 0.698. The summed E-state index contributed by atoms with van der Waals surface area (Å²) in [7, 11) is -4.86. The van der Waals surface area contributed by atoms with Crippen LogP contribution in [0.3, 0.4) is 0 Å². The second-order valence-electron chi connectivity index (χ2n) is 4.42. The molecule has 102 valence electrons. The van der Waals surface area contributed by atoms with E-state index in [1.807, 2.05) is 6.92 Å². The predicted molar refractivity (Wildman–Crippen MR) is 71.6 cm³/mol. The van der Waals surface area contributed by atoms with E-state index in [-0.39, 0.29) is 30.4 Å². The molecule has 17 heavy (non-hydrogen) atoms. The average Bonchev–Trinajstić information content (AvgIpc) is 2.26. The van der Waals surface area contributed by atoms with Gasteiger partial charge in [0.05, 0.1) is 16.8 Å². The molecule has 1 heterocycles. The van der Waals surface area contributed by atoms with Crippen molar-refractivity contribution in [3.05, 3.63) is 0 Å². The fraction of sp³-hybridized carbons (Fsp3) is 1.00. The van der Waals surface area contributed by atoms with Gasteiger partial charge in [-0.1, -0.05) is 15.9 Å². The summed E-state index contributed by atoms with van der Waals surface area (Å²) in [4.78, 5) is 0. The molecule has 1 fully saturated rings. The van der Waals surface area contributed by atoms with Gasteiger partial charge in [0.25, 0.3) is 0 Å². The molecule has 0 aromatic carbocycles. The largest absolute Gasteiger partial charge is 0.229 e. The third-order valence-corrected chi connectivity index (χ3v) is 8.30. The summed E-state index contributed by atoms with van der Waals surface area (Å²) >= 11 is 3.25. The van der Waals surface area contributed by atoms with Gasteiger partial charge >= 0.3 is 0 Å². The molecule has 0 saturated carbocycles. The molecule has 1 atom stereocenters. The van der Waals surface area contributed by atoms with E-state index >= 15 is 0 Å². The topological polar surface area (TPSA) is 71.5 Å². The lowest BCUT2D eigenvalue weighted by atomic mass is 10.2. The standard InChI is InChI=1S/C9H18BrNO4S2/c1-8(7-10)11(2)17(14,15)9-3-5-16(12,13)6-4-9/h8-9H,3-7H2,1-2H3. The lowest BCUT2D eigenvalue weighted by Gasteiger charge is -2.29. The minimum Gasteiger partial charge on any atom is -0.229 e. The van der Waals surface area contributed by atoms with Crippen LogP contribution in [-0.2, 0) is 19.9 Å². The van der Waals surface area contributed by atoms with Crippen molar-refractivity contribution in [1.82, 2.24) is 4.31 Å². The van der Waals surface area contributed by atoms with Crippen molar-refractivity contribution in [3.63, 3.8) is 0 Å². The number of sulfone groups is 1. The summed E-state index contributed by atoms with van der Waals surface area (Å²) in [6.07, 6.45) is 0.425. The summed E-state index contributed by atoms with van der Waals surface area (Å²) in [5, 5.41) is 0.00540. The van der Waals surface area contributed by atoms with Gasteiger partial charge in [-0.05, 0) is 19.8 Å². The van der Waals surface area contributed by atoms with Gasteiger partial charge in [0, 0.05) is 18.4 Å². The summed E-state index contributed by atoms with van der Waals surface area (Å²) in [6.45, 7) is 1.81. The van der Waals surface area contributed by atoms with Crippen LogP contribution in [-0.4, -0.2) is 56.3 Å². The van der Waals surface area contributed by atoms with E-state index in [1.54, 1.807) is 7.05 Å². The first-order chi connectivity index (χ1) is 7.70. The SMILES string of the molecule is CC(CBr)N(C)S(=O)(=O)C1CCS(=O)(=O)CC1. The highest BCUT2D eigenvalue weighted by Gasteiger charge is 2.36. The van der Waals surface area contributed by atoms with Crippen LogP contribution in [0.5, 0.6) is 0 Å². The normalized spacial score (nSPS) is 23.8. The highest BCUT2D eigenvalue weighted by atomic mass is 79.9. The van der Waals surface area contributed by atoms with Crippen molar-refractivity contribution in [2.24, 2.45) is 0 Å². The molecule has 1 unspecified atom stereocenters. The highest BCUT2D eigenvalue weighted by molar-refractivity contribution is 9.09. The van der Waals surface area contributed by atoms with Crippen molar-refractivity contribution >= 4 is 35.8 Å². The first kappa shape index (κ1) is 15.4. The summed E-state index contributed by atoms with van der Waals surface area (Å²) in [5.41, 5.74) is 0. The zero-order chi connectivity index (χ0) is 13.3. The molecule has 1 saturated heterocycles. The van der Waals surface area contributed by atoms with Crippen LogP contribution in [0.2, 0.25) is 0 Å². The molecule has 0 bridgehead atoms. The molecule has 5 nitrogen and oxygen atoms in total. The minimum atomic E-state index is -3.38. The van der Waals surface area contributed by atoms with Gasteiger partial charge in [-0.3, -0.25) is 0 Å². The Hall–Kier alpha value is 0.340. The van der Waals surface area contributed by atoms with Crippen LogP contribution in [0.4, 0.5) is 0 Å². The molecular formula is C9H18BrNO4S2. The maximum absolute atomic E-state index is 12.2. The van der Waals surface area contributed by atoms with Gasteiger partial charge in [-0.25, -0.2) is 21.1 Å². The van der Waals surface area contributed by atoms with Gasteiger partial charge in [-0.2, -0.15) is 0 Å². The number of nitrogens with zero attached hydrogens (tertiary/aromatic N) is 1. The number of hydrogen-bond donors (Lipinski definition) is 0. The molecule has 0 aliphatic carbocycles. The third kappa shape index (κ3) is 3.65. The monoisotopic (exact) mass is 347 g/mol. The smallest absolute Gasteiger partial charge is 0.217 e. The Morgan fingerprint density at radius 3 is 2.24 bits per heavy atom. The highest BCUT2D eigenvalue weighted by Crippen LogP contribution is 2.23. The van der Waals surface area contributed by atoms with Crippen LogP contribution < -0.4 is 0 Å². The van der Waals surface area contributed by atoms with E-state index in [0.29, 0.717) is 5.33 Å². The fourth-order valence-corrected chi connectivity index (χ4v) is 6.04. The Morgan fingerprint density at radius 1 is 1.35 bits per heavy atom. The van der Waals surface area contributed by atoms with Gasteiger partial charge < -0.3 is 0 Å². The van der Waals surface area contributed by atoms with Crippen molar-refractivity contribution in [2.75, 3.05) is 23.9 Å². The Labute approximate surface area is 112 Å². The van der Waals surface area contributed by atoms with E-state index in [9.17, 15) is 16.8 Å². The van der Waals surface area contributed by atoms with Crippen molar-refractivity contribution in [1.29, 1.82) is 0 Å². The van der Waals surface area contributed by atoms with Crippen molar-refractivity contribution in [3.8, 4) is 0 Å².